The second-order valence-corrected chi connectivity index (χ2v) is 196. The molecule has 0 aromatic rings. The Kier molecular flexibility index (Phi) is 275. The molecule has 0 nitrogen and oxygen atoms in total. The maximum Gasteiger partial charge on any atom is -1.00 e. The molecule has 0 N–H and O–H groups in total. The van der Waals surface area contributed by atoms with Crippen LogP contribution in [0.3, 0.4) is 0 Å². The first-order valence-electron chi connectivity index (χ1n) is 3.70. The molecule has 272 valence electrons. The monoisotopic (exact) mass is 3160 g/mol. The van der Waals surface area contributed by atoms with Gasteiger partial charge in [-0.15, -0.1) is 0 Å². The third kappa shape index (κ3) is 482. The molecule has 0 rings (SSSR count). The number of rotatable bonds is 0. The fraction of sp³-hybridized carbons (Fsp3) is 0. The van der Waals surface area contributed by atoms with Crippen molar-refractivity contribution >= 4 is 406 Å². The molecule has 0 radical (unpaired) electrons. The van der Waals surface area contributed by atoms with Gasteiger partial charge in [-0.3, -0.25) is 0 Å². The Morgan fingerprint density at radius 2 is 0.125 bits per heavy atom. The Balaban J connectivity index is -0.0000000114. The number of halogens is 32. The molecule has 40 heteroatoms. The second kappa shape index (κ2) is 102. The van der Waals surface area contributed by atoms with Gasteiger partial charge in [0.2, 0.25) is 0 Å². The summed E-state index contributed by atoms with van der Waals surface area (Å²) in [7, 11) is -4.83. The van der Waals surface area contributed by atoms with Gasteiger partial charge < -0.3 is 136 Å². The zero-order valence-electron chi connectivity index (χ0n) is 15.4. The molecule has 40 heavy (non-hydrogen) atoms. The van der Waals surface area contributed by atoms with E-state index in [1.165, 1.54) is 0 Å². The van der Waals surface area contributed by atoms with E-state index in [2.05, 4.69) is 339 Å². The minimum absolute atomic E-state index is 0. The van der Waals surface area contributed by atoms with Gasteiger partial charge in [0.1, 0.15) is 0 Å². The summed E-state index contributed by atoms with van der Waals surface area (Å²) in [5.74, 6) is 0. The van der Waals surface area contributed by atoms with Gasteiger partial charge in [-0.25, -0.2) is 0 Å². The third-order valence-electron chi connectivity index (χ3n) is 0. The van der Waals surface area contributed by atoms with Crippen molar-refractivity contribution in [1.29, 1.82) is 0 Å². The fourth-order valence-corrected chi connectivity index (χ4v) is 0. The molecule has 0 saturated carbocycles. The summed E-state index contributed by atoms with van der Waals surface area (Å²) >= 11 is 77.5. The molecule has 0 amide bonds. The summed E-state index contributed by atoms with van der Waals surface area (Å²) in [5.41, 5.74) is 0. The van der Waals surface area contributed by atoms with Crippen LogP contribution in [0.2, 0.25) is 0 Å². The van der Waals surface area contributed by atoms with E-state index in [1.54, 1.807) is 0 Å². The van der Waals surface area contributed by atoms with Crippen LogP contribution in [0.1, 0.15) is 0 Å². The van der Waals surface area contributed by atoms with Crippen LogP contribution in [0, 0.1) is 0 Å². The van der Waals surface area contributed by atoms with E-state index < -0.39 is 67.8 Å². The smallest absolute Gasteiger partial charge is 1.00 e. The first-order chi connectivity index (χ1) is 13.9. The molecule has 0 spiro atoms. The summed E-state index contributed by atoms with van der Waals surface area (Å²) in [5, 5.41) is 0. The van der Waals surface area contributed by atoms with E-state index in [0.29, 0.717) is 0 Å². The second-order valence-electron chi connectivity index (χ2n) is 1.40. The molecule has 0 aromatic heterocycles. The van der Waals surface area contributed by atoms with Crippen LogP contribution in [0.25, 0.3) is 0 Å². The van der Waals surface area contributed by atoms with E-state index in [1.807, 2.05) is 0 Å². The van der Waals surface area contributed by atoms with Crippen molar-refractivity contribution in [3.05, 3.63) is 0 Å². The summed E-state index contributed by atoms with van der Waals surface area (Å²) in [4.78, 5) is 0. The first-order valence-corrected chi connectivity index (χ1v) is 100.0. The average Bonchev–Trinajstić information content (AvgIpc) is 2.30. The quantitative estimate of drug-likeness (QED) is 0.212. The maximum atomic E-state index is 3.23. The molecular formula is Br32Se8. The molecule has 0 fully saturated rings. The van der Waals surface area contributed by atoms with E-state index >= 15 is 0 Å². The average molecular weight is 3190 g/mol. The van der Waals surface area contributed by atoms with E-state index in [-0.39, 0.29) is 136 Å². The minimum Gasteiger partial charge on any atom is -1.00 e. The maximum absolute atomic E-state index is 3.23. The molecular weight excluding hydrogens is 3190 g/mol. The van der Waals surface area contributed by atoms with Crippen molar-refractivity contribution in [2.24, 2.45) is 0 Å². The largest absolute Gasteiger partial charge is 1.00 e. The van der Waals surface area contributed by atoms with Gasteiger partial charge in [0.15, 0.2) is 0 Å². The number of hydrogen-bond acceptors (Lipinski definition) is 0. The Bertz CT molecular complexity index is 139. The topological polar surface area (TPSA) is 0 Å². The van der Waals surface area contributed by atoms with Gasteiger partial charge in [-0.1, -0.05) is 0 Å². The van der Waals surface area contributed by atoms with Gasteiger partial charge in [-0.2, -0.15) is 0 Å². The van der Waals surface area contributed by atoms with E-state index in [4.69, 9.17) is 0 Å². The molecule has 0 saturated heterocycles. The van der Waals surface area contributed by atoms with E-state index in [0.717, 1.165) is 0 Å². The molecule has 0 unspecified atom stereocenters. The van der Waals surface area contributed by atoms with Crippen molar-refractivity contribution < 1.29 is 136 Å². The molecule has 0 aliphatic heterocycles. The third-order valence-corrected chi connectivity index (χ3v) is 0. The van der Waals surface area contributed by atoms with Crippen molar-refractivity contribution in [3.8, 4) is 0 Å². The van der Waals surface area contributed by atoms with Crippen LogP contribution in [0.4, 0.5) is 0 Å². The normalized spacial score (nSPS) is 7.20. The Labute approximate surface area is 525 Å². The minimum atomic E-state index is -0.604. The van der Waals surface area contributed by atoms with Crippen LogP contribution in [0.15, 0.2) is 0 Å². The van der Waals surface area contributed by atoms with Crippen molar-refractivity contribution in [3.63, 3.8) is 0 Å². The van der Waals surface area contributed by atoms with Crippen LogP contribution in [0.5, 0.6) is 0 Å². The van der Waals surface area contributed by atoms with Crippen LogP contribution >= 0.6 is 339 Å². The Morgan fingerprint density at radius 1 is 0.125 bits per heavy atom. The predicted octanol–water partition coefficient (Wildman–Crippen LogP) is -6.72. The zero-order chi connectivity index (χ0) is 28.6. The molecule has 0 atom stereocenters. The number of hydrogen-bond donors (Lipinski definition) is 0. The van der Waals surface area contributed by atoms with Crippen molar-refractivity contribution in [1.82, 2.24) is 0 Å². The summed E-state index contributed by atoms with van der Waals surface area (Å²) in [6, 6.07) is 0. The van der Waals surface area contributed by atoms with Crippen molar-refractivity contribution in [2.75, 3.05) is 0 Å². The summed E-state index contributed by atoms with van der Waals surface area (Å²) in [6.07, 6.45) is 0. The first kappa shape index (κ1) is 108. The zero-order valence-corrected chi connectivity index (χ0v) is 79.8. The standard InChI is InChI=1S/8Br3Se.8BrH/c8*1-4(2)3;;;;;;;;/h;;;;;;;;8*1H/q8*+1;;;;;;;;/p-8. The van der Waals surface area contributed by atoms with Gasteiger partial charge >= 0.3 is 406 Å². The molecule has 0 aliphatic carbocycles. The van der Waals surface area contributed by atoms with Crippen LogP contribution < -0.4 is 136 Å². The van der Waals surface area contributed by atoms with E-state index in [9.17, 15) is 0 Å². The van der Waals surface area contributed by atoms with Crippen LogP contribution in [-0.2, 0) is 0 Å². The Morgan fingerprint density at radius 3 is 0.125 bits per heavy atom. The SMILES string of the molecule is Br[Se+](Br)Br.Br[Se+](Br)Br.Br[Se+](Br)Br.Br[Se+](Br)Br.Br[Se+](Br)Br.Br[Se+](Br)Br.Br[Se+](Br)Br.Br[Se+](Br)Br.[Br-].[Br-].[Br-].[Br-].[Br-].[Br-].[Br-].[Br-]. The van der Waals surface area contributed by atoms with Crippen LogP contribution in [-0.4, -0.2) is 67.8 Å². The molecule has 0 bridgehead atoms. The van der Waals surface area contributed by atoms with Crippen molar-refractivity contribution in [2.45, 2.75) is 0 Å². The van der Waals surface area contributed by atoms with Gasteiger partial charge in [0.25, 0.3) is 0 Å². The predicted molar refractivity (Wildman–Crippen MR) is 260 cm³/mol. The van der Waals surface area contributed by atoms with Gasteiger partial charge in [0, 0.05) is 0 Å². The van der Waals surface area contributed by atoms with Gasteiger partial charge in [-0.05, 0) is 0 Å². The fourth-order valence-electron chi connectivity index (χ4n) is 0. The Hall–Kier alpha value is 19.5. The van der Waals surface area contributed by atoms with Gasteiger partial charge in [0.05, 0.1) is 0 Å². The molecule has 0 heterocycles. The summed E-state index contributed by atoms with van der Waals surface area (Å²) < 4.78 is 0. The molecule has 0 aliphatic rings. The molecule has 0 aromatic carbocycles. The summed E-state index contributed by atoms with van der Waals surface area (Å²) in [6.45, 7) is 0.